The van der Waals surface area contributed by atoms with Crippen LogP contribution in [-0.4, -0.2) is 19.3 Å². The first-order valence-corrected chi connectivity index (χ1v) is 5.60. The van der Waals surface area contributed by atoms with E-state index in [1.54, 1.807) is 18.2 Å². The first-order valence-electron chi connectivity index (χ1n) is 5.22. The van der Waals surface area contributed by atoms with Crippen molar-refractivity contribution in [3.63, 3.8) is 0 Å². The molecule has 0 aliphatic rings. The molecule has 1 rings (SSSR count). The topological polar surface area (TPSA) is 45.0 Å². The number of halogens is 1. The Morgan fingerprint density at radius 2 is 2.31 bits per heavy atom. The van der Waals surface area contributed by atoms with Crippen molar-refractivity contribution in [3.8, 4) is 6.07 Å². The highest BCUT2D eigenvalue weighted by Crippen LogP contribution is 2.20. The highest BCUT2D eigenvalue weighted by molar-refractivity contribution is 6.30. The molecule has 1 aromatic carbocycles. The first kappa shape index (κ1) is 12.8. The van der Waals surface area contributed by atoms with Gasteiger partial charge in [0.2, 0.25) is 0 Å². The van der Waals surface area contributed by atoms with Gasteiger partial charge in [-0.2, -0.15) is 5.26 Å². The summed E-state index contributed by atoms with van der Waals surface area (Å²) in [5.41, 5.74) is 1.34. The second-order valence-corrected chi connectivity index (χ2v) is 3.89. The molecule has 1 atom stereocenters. The molecule has 0 amide bonds. The van der Waals surface area contributed by atoms with Crippen molar-refractivity contribution in [2.75, 3.05) is 18.5 Å². The normalized spacial score (nSPS) is 11.9. The van der Waals surface area contributed by atoms with Crippen LogP contribution in [0.5, 0.6) is 0 Å². The minimum Gasteiger partial charge on any atom is -0.381 e. The quantitative estimate of drug-likeness (QED) is 0.858. The van der Waals surface area contributed by atoms with Crippen molar-refractivity contribution in [2.24, 2.45) is 0 Å². The molecular formula is C12H15ClN2O. The molecule has 3 nitrogen and oxygen atoms in total. The Kier molecular flexibility index (Phi) is 5.10. The van der Waals surface area contributed by atoms with Crippen LogP contribution in [0.15, 0.2) is 18.2 Å². The van der Waals surface area contributed by atoms with Gasteiger partial charge in [-0.1, -0.05) is 11.6 Å². The van der Waals surface area contributed by atoms with Crippen LogP contribution in [0.4, 0.5) is 5.69 Å². The summed E-state index contributed by atoms with van der Waals surface area (Å²) in [5.74, 6) is 0. The second kappa shape index (κ2) is 6.37. The molecule has 86 valence electrons. The Morgan fingerprint density at radius 1 is 1.56 bits per heavy atom. The molecule has 0 aliphatic carbocycles. The van der Waals surface area contributed by atoms with E-state index in [9.17, 15) is 0 Å². The van der Waals surface area contributed by atoms with Crippen LogP contribution in [0.3, 0.4) is 0 Å². The van der Waals surface area contributed by atoms with Crippen LogP contribution in [0.1, 0.15) is 19.4 Å². The minimum atomic E-state index is 0.107. The van der Waals surface area contributed by atoms with Crippen LogP contribution >= 0.6 is 11.6 Å². The Hall–Kier alpha value is -1.24. The maximum Gasteiger partial charge on any atom is 0.101 e. The molecule has 0 radical (unpaired) electrons. The van der Waals surface area contributed by atoms with Crippen LogP contribution in [-0.2, 0) is 4.74 Å². The molecule has 0 saturated carbocycles. The third kappa shape index (κ3) is 3.73. The Balaban J connectivity index is 2.66. The summed E-state index contributed by atoms with van der Waals surface area (Å²) in [6.07, 6.45) is 0.107. The molecule has 0 heterocycles. The predicted molar refractivity (Wildman–Crippen MR) is 65.7 cm³/mol. The molecule has 0 saturated heterocycles. The van der Waals surface area contributed by atoms with Gasteiger partial charge in [0.15, 0.2) is 0 Å². The maximum atomic E-state index is 8.91. The van der Waals surface area contributed by atoms with Gasteiger partial charge in [0.05, 0.1) is 17.4 Å². The lowest BCUT2D eigenvalue weighted by Gasteiger charge is -2.14. The highest BCUT2D eigenvalue weighted by Gasteiger charge is 2.05. The SMILES string of the molecule is CCOC(C)CNc1cc(Cl)ccc1C#N. The predicted octanol–water partition coefficient (Wildman–Crippen LogP) is 3.05. The van der Waals surface area contributed by atoms with Gasteiger partial charge in [-0.25, -0.2) is 0 Å². The van der Waals surface area contributed by atoms with Gasteiger partial charge >= 0.3 is 0 Å². The van der Waals surface area contributed by atoms with Crippen molar-refractivity contribution in [3.05, 3.63) is 28.8 Å². The summed E-state index contributed by atoms with van der Waals surface area (Å²) in [7, 11) is 0. The van der Waals surface area contributed by atoms with Gasteiger partial charge < -0.3 is 10.1 Å². The van der Waals surface area contributed by atoms with E-state index in [-0.39, 0.29) is 6.10 Å². The first-order chi connectivity index (χ1) is 7.67. The van der Waals surface area contributed by atoms with Crippen LogP contribution in [0, 0.1) is 11.3 Å². The Bertz CT molecular complexity index is 387. The average Bonchev–Trinajstić information content (AvgIpc) is 2.27. The third-order valence-corrected chi connectivity index (χ3v) is 2.37. The summed E-state index contributed by atoms with van der Waals surface area (Å²) in [4.78, 5) is 0. The third-order valence-electron chi connectivity index (χ3n) is 2.13. The molecular weight excluding hydrogens is 224 g/mol. The number of hydrogen-bond donors (Lipinski definition) is 1. The largest absolute Gasteiger partial charge is 0.381 e. The van der Waals surface area contributed by atoms with Gasteiger partial charge in [-0.3, -0.25) is 0 Å². The fourth-order valence-corrected chi connectivity index (χ4v) is 1.53. The molecule has 0 aliphatic heterocycles. The lowest BCUT2D eigenvalue weighted by molar-refractivity contribution is 0.0855. The van der Waals surface area contributed by atoms with E-state index in [4.69, 9.17) is 21.6 Å². The lowest BCUT2D eigenvalue weighted by Crippen LogP contribution is -2.20. The van der Waals surface area contributed by atoms with Crippen LogP contribution in [0.25, 0.3) is 0 Å². The van der Waals surface area contributed by atoms with E-state index < -0.39 is 0 Å². The molecule has 1 N–H and O–H groups in total. The number of nitrogens with one attached hydrogen (secondary N) is 1. The zero-order valence-corrected chi connectivity index (χ0v) is 10.2. The standard InChI is InChI=1S/C12H15ClN2O/c1-3-16-9(2)8-15-12-6-11(13)5-4-10(12)7-14/h4-6,9,15H,3,8H2,1-2H3. The van der Waals surface area contributed by atoms with Crippen LogP contribution < -0.4 is 5.32 Å². The number of hydrogen-bond acceptors (Lipinski definition) is 3. The van der Waals surface area contributed by atoms with Crippen molar-refractivity contribution >= 4 is 17.3 Å². The van der Waals surface area contributed by atoms with E-state index in [2.05, 4.69) is 11.4 Å². The molecule has 0 spiro atoms. The van der Waals surface area contributed by atoms with Gasteiger partial charge in [-0.05, 0) is 32.0 Å². The fraction of sp³-hybridized carbons (Fsp3) is 0.417. The van der Waals surface area contributed by atoms with Gasteiger partial charge in [0.1, 0.15) is 6.07 Å². The fourth-order valence-electron chi connectivity index (χ4n) is 1.36. The Labute approximate surface area is 101 Å². The van der Waals surface area contributed by atoms with Gasteiger partial charge in [0.25, 0.3) is 0 Å². The molecule has 0 aromatic heterocycles. The molecule has 16 heavy (non-hydrogen) atoms. The van der Waals surface area contributed by atoms with Crippen LogP contribution in [0.2, 0.25) is 5.02 Å². The number of benzene rings is 1. The van der Waals surface area contributed by atoms with Gasteiger partial charge in [-0.15, -0.1) is 0 Å². The van der Waals surface area contributed by atoms with E-state index in [1.807, 2.05) is 13.8 Å². The maximum absolute atomic E-state index is 8.91. The number of nitriles is 1. The summed E-state index contributed by atoms with van der Waals surface area (Å²) < 4.78 is 5.39. The monoisotopic (exact) mass is 238 g/mol. The molecule has 1 unspecified atom stereocenters. The summed E-state index contributed by atoms with van der Waals surface area (Å²) >= 11 is 5.87. The summed E-state index contributed by atoms with van der Waals surface area (Å²) in [5, 5.41) is 12.7. The molecule has 0 bridgehead atoms. The number of ether oxygens (including phenoxy) is 1. The zero-order valence-electron chi connectivity index (χ0n) is 9.46. The average molecular weight is 239 g/mol. The highest BCUT2D eigenvalue weighted by atomic mass is 35.5. The van der Waals surface area contributed by atoms with Crippen molar-refractivity contribution < 1.29 is 4.74 Å². The molecule has 0 fully saturated rings. The number of anilines is 1. The Morgan fingerprint density at radius 3 is 2.94 bits per heavy atom. The minimum absolute atomic E-state index is 0.107. The van der Waals surface area contributed by atoms with E-state index in [0.717, 1.165) is 5.69 Å². The van der Waals surface area contributed by atoms with E-state index in [0.29, 0.717) is 23.7 Å². The zero-order chi connectivity index (χ0) is 12.0. The van der Waals surface area contributed by atoms with Crippen molar-refractivity contribution in [1.82, 2.24) is 0 Å². The smallest absolute Gasteiger partial charge is 0.101 e. The molecule has 1 aromatic rings. The molecule has 4 heteroatoms. The van der Waals surface area contributed by atoms with E-state index in [1.165, 1.54) is 0 Å². The summed E-state index contributed by atoms with van der Waals surface area (Å²) in [6.45, 7) is 5.27. The van der Waals surface area contributed by atoms with Crippen molar-refractivity contribution in [2.45, 2.75) is 20.0 Å². The number of nitrogens with zero attached hydrogens (tertiary/aromatic N) is 1. The van der Waals surface area contributed by atoms with E-state index >= 15 is 0 Å². The van der Waals surface area contributed by atoms with Gasteiger partial charge in [0, 0.05) is 18.2 Å². The number of rotatable bonds is 5. The lowest BCUT2D eigenvalue weighted by atomic mass is 10.2. The summed E-state index contributed by atoms with van der Waals surface area (Å²) in [6, 6.07) is 7.28. The van der Waals surface area contributed by atoms with Crippen molar-refractivity contribution in [1.29, 1.82) is 5.26 Å². The second-order valence-electron chi connectivity index (χ2n) is 3.45.